The van der Waals surface area contributed by atoms with E-state index in [1.54, 1.807) is 6.07 Å². The van der Waals surface area contributed by atoms with E-state index < -0.39 is 0 Å². The third kappa shape index (κ3) is 3.55. The first kappa shape index (κ1) is 14.0. The van der Waals surface area contributed by atoms with Crippen molar-refractivity contribution >= 4 is 17.2 Å². The van der Waals surface area contributed by atoms with Crippen LogP contribution in [0.2, 0.25) is 0 Å². The third-order valence-electron chi connectivity index (χ3n) is 4.16. The molecule has 0 radical (unpaired) electrons. The third-order valence-corrected chi connectivity index (χ3v) is 4.38. The molecule has 0 bridgehead atoms. The second kappa shape index (κ2) is 5.78. The summed E-state index contributed by atoms with van der Waals surface area (Å²) in [7, 11) is 0. The van der Waals surface area contributed by atoms with Gasteiger partial charge in [-0.05, 0) is 43.6 Å². The van der Waals surface area contributed by atoms with Gasteiger partial charge in [0.05, 0.1) is 0 Å². The normalized spacial score (nSPS) is 18.5. The van der Waals surface area contributed by atoms with Gasteiger partial charge in [0.25, 0.3) is 0 Å². The average molecular weight is 292 g/mol. The highest BCUT2D eigenvalue weighted by Crippen LogP contribution is 2.34. The Labute approximate surface area is 125 Å². The molecule has 20 heavy (non-hydrogen) atoms. The highest BCUT2D eigenvalue weighted by atomic mass is 32.1. The largest absolute Gasteiger partial charge is 0.389 e. The second-order valence-electron chi connectivity index (χ2n) is 6.22. The Kier molecular flexibility index (Phi) is 4.03. The molecule has 0 unspecified atom stereocenters. The Morgan fingerprint density at radius 2 is 1.80 bits per heavy atom. The number of nitrogens with two attached hydrogens (primary N) is 1. The van der Waals surface area contributed by atoms with Crippen LogP contribution in [0.25, 0.3) is 0 Å². The van der Waals surface area contributed by atoms with Gasteiger partial charge in [-0.3, -0.25) is 4.90 Å². The van der Waals surface area contributed by atoms with Gasteiger partial charge < -0.3 is 5.73 Å². The maximum absolute atomic E-state index is 14.4. The van der Waals surface area contributed by atoms with Crippen LogP contribution >= 0.6 is 12.2 Å². The predicted octanol–water partition coefficient (Wildman–Crippen LogP) is 3.08. The summed E-state index contributed by atoms with van der Waals surface area (Å²) in [5.74, 6) is 1.42. The summed E-state index contributed by atoms with van der Waals surface area (Å²) in [6, 6.07) is 5.36. The number of halogens is 1. The monoisotopic (exact) mass is 292 g/mol. The van der Waals surface area contributed by atoms with Crippen LogP contribution in [0.5, 0.6) is 0 Å². The van der Waals surface area contributed by atoms with Crippen molar-refractivity contribution in [2.45, 2.75) is 32.2 Å². The SMILES string of the molecule is NC(=S)c1cccc(CN(CC2CC2)CC2CC2)c1F. The fourth-order valence-corrected chi connectivity index (χ4v) is 2.83. The molecule has 2 N–H and O–H groups in total. The molecule has 1 aromatic rings. The lowest BCUT2D eigenvalue weighted by Crippen LogP contribution is -2.28. The Morgan fingerprint density at radius 1 is 1.20 bits per heavy atom. The number of rotatable bonds is 7. The number of nitrogens with zero attached hydrogens (tertiary/aromatic N) is 1. The predicted molar refractivity (Wildman–Crippen MR) is 83.0 cm³/mol. The summed E-state index contributed by atoms with van der Waals surface area (Å²) in [4.78, 5) is 2.55. The van der Waals surface area contributed by atoms with Crippen molar-refractivity contribution in [2.24, 2.45) is 17.6 Å². The van der Waals surface area contributed by atoms with Crippen molar-refractivity contribution in [3.05, 3.63) is 35.1 Å². The van der Waals surface area contributed by atoms with Gasteiger partial charge in [-0.1, -0.05) is 24.4 Å². The molecule has 4 heteroatoms. The second-order valence-corrected chi connectivity index (χ2v) is 6.66. The minimum atomic E-state index is -0.239. The van der Waals surface area contributed by atoms with E-state index in [9.17, 15) is 4.39 Å². The van der Waals surface area contributed by atoms with Gasteiger partial charge in [0.1, 0.15) is 10.8 Å². The minimum Gasteiger partial charge on any atom is -0.389 e. The summed E-state index contributed by atoms with van der Waals surface area (Å²) >= 11 is 4.91. The van der Waals surface area contributed by atoms with E-state index in [1.807, 2.05) is 12.1 Å². The molecule has 2 nitrogen and oxygen atoms in total. The molecule has 2 aliphatic carbocycles. The molecule has 2 saturated carbocycles. The van der Waals surface area contributed by atoms with Gasteiger partial charge in [-0.15, -0.1) is 0 Å². The van der Waals surface area contributed by atoms with E-state index in [0.717, 1.165) is 30.5 Å². The molecule has 0 saturated heterocycles. The summed E-state index contributed by atoms with van der Waals surface area (Å²) < 4.78 is 14.4. The van der Waals surface area contributed by atoms with E-state index in [2.05, 4.69) is 4.90 Å². The quantitative estimate of drug-likeness (QED) is 0.783. The lowest BCUT2D eigenvalue weighted by molar-refractivity contribution is 0.241. The van der Waals surface area contributed by atoms with Crippen molar-refractivity contribution in [3.63, 3.8) is 0 Å². The van der Waals surface area contributed by atoms with Crippen LogP contribution in [-0.4, -0.2) is 23.0 Å². The number of benzene rings is 1. The number of thiocarbonyl (C=S) groups is 1. The maximum Gasteiger partial charge on any atom is 0.137 e. The standard InChI is InChI=1S/C16H21FN2S/c17-15-13(2-1-3-14(15)16(18)20)10-19(8-11-4-5-11)9-12-6-7-12/h1-3,11-12H,4-10H2,(H2,18,20). The van der Waals surface area contributed by atoms with Gasteiger partial charge in [0.15, 0.2) is 0 Å². The lowest BCUT2D eigenvalue weighted by Gasteiger charge is -2.23. The van der Waals surface area contributed by atoms with E-state index >= 15 is 0 Å². The van der Waals surface area contributed by atoms with Gasteiger partial charge in [0, 0.05) is 30.8 Å². The van der Waals surface area contributed by atoms with Gasteiger partial charge >= 0.3 is 0 Å². The molecule has 2 aliphatic rings. The van der Waals surface area contributed by atoms with E-state index in [-0.39, 0.29) is 10.8 Å². The molecule has 108 valence electrons. The van der Waals surface area contributed by atoms with Crippen molar-refractivity contribution in [2.75, 3.05) is 13.1 Å². The van der Waals surface area contributed by atoms with Crippen LogP contribution in [0.3, 0.4) is 0 Å². The Balaban J connectivity index is 1.72. The van der Waals surface area contributed by atoms with Crippen LogP contribution in [0.15, 0.2) is 18.2 Å². The van der Waals surface area contributed by atoms with E-state index in [0.29, 0.717) is 12.1 Å². The highest BCUT2D eigenvalue weighted by molar-refractivity contribution is 7.80. The van der Waals surface area contributed by atoms with Crippen molar-refractivity contribution in [3.8, 4) is 0 Å². The lowest BCUT2D eigenvalue weighted by atomic mass is 10.1. The molecule has 2 fully saturated rings. The summed E-state index contributed by atoms with van der Waals surface area (Å²) in [5, 5.41) is 0. The zero-order valence-electron chi connectivity index (χ0n) is 11.6. The van der Waals surface area contributed by atoms with E-state index in [1.165, 1.54) is 25.7 Å². The molecule has 0 aliphatic heterocycles. The summed E-state index contributed by atoms with van der Waals surface area (Å²) in [6.07, 6.45) is 5.32. The zero-order valence-corrected chi connectivity index (χ0v) is 12.5. The maximum atomic E-state index is 14.4. The van der Waals surface area contributed by atoms with Gasteiger partial charge in [0.2, 0.25) is 0 Å². The Hall–Kier alpha value is -1.00. The molecule has 1 aromatic carbocycles. The summed E-state index contributed by atoms with van der Waals surface area (Å²) in [6.45, 7) is 2.88. The first-order chi connectivity index (χ1) is 9.63. The first-order valence-electron chi connectivity index (χ1n) is 7.43. The molecule has 0 amide bonds. The molecule has 0 heterocycles. The van der Waals surface area contributed by atoms with Crippen LogP contribution in [0.1, 0.15) is 36.8 Å². The fraction of sp³-hybridized carbons (Fsp3) is 0.562. The smallest absolute Gasteiger partial charge is 0.137 e. The molecule has 0 aromatic heterocycles. The van der Waals surface area contributed by atoms with Gasteiger partial charge in [-0.25, -0.2) is 4.39 Å². The molecular formula is C16H21FN2S. The zero-order chi connectivity index (χ0) is 14.1. The number of hydrogen-bond donors (Lipinski definition) is 1. The van der Waals surface area contributed by atoms with Crippen molar-refractivity contribution in [1.29, 1.82) is 0 Å². The average Bonchev–Trinajstić information content (AvgIpc) is 3.27. The first-order valence-corrected chi connectivity index (χ1v) is 7.84. The van der Waals surface area contributed by atoms with Gasteiger partial charge in [-0.2, -0.15) is 0 Å². The Morgan fingerprint density at radius 3 is 2.30 bits per heavy atom. The van der Waals surface area contributed by atoms with Crippen LogP contribution in [-0.2, 0) is 6.54 Å². The van der Waals surface area contributed by atoms with Crippen molar-refractivity contribution in [1.82, 2.24) is 4.90 Å². The molecule has 0 atom stereocenters. The van der Waals surface area contributed by atoms with Crippen LogP contribution < -0.4 is 5.73 Å². The van der Waals surface area contributed by atoms with Crippen LogP contribution in [0, 0.1) is 17.7 Å². The Bertz CT molecular complexity index is 495. The topological polar surface area (TPSA) is 29.3 Å². The minimum absolute atomic E-state index is 0.139. The molecule has 0 spiro atoms. The molecule has 3 rings (SSSR count). The summed E-state index contributed by atoms with van der Waals surface area (Å²) in [5.41, 5.74) is 6.66. The van der Waals surface area contributed by atoms with Crippen molar-refractivity contribution < 1.29 is 4.39 Å². The highest BCUT2D eigenvalue weighted by Gasteiger charge is 2.29. The van der Waals surface area contributed by atoms with Crippen LogP contribution in [0.4, 0.5) is 4.39 Å². The number of hydrogen-bond acceptors (Lipinski definition) is 2. The molecular weight excluding hydrogens is 271 g/mol. The van der Waals surface area contributed by atoms with E-state index in [4.69, 9.17) is 18.0 Å². The fourth-order valence-electron chi connectivity index (χ4n) is 2.67.